The van der Waals surface area contributed by atoms with Crippen LogP contribution >= 0.6 is 0 Å². The first-order valence-corrected chi connectivity index (χ1v) is 5.68. The van der Waals surface area contributed by atoms with Crippen molar-refractivity contribution in [2.75, 3.05) is 14.2 Å². The summed E-state index contributed by atoms with van der Waals surface area (Å²) in [5.74, 6) is -3.41. The van der Waals surface area contributed by atoms with Gasteiger partial charge in [0.05, 0.1) is 14.2 Å². The number of hydrogen-bond donors (Lipinski definition) is 1. The fraction of sp³-hybridized carbons (Fsp3) is 0.462. The average molecular weight is 272 g/mol. The van der Waals surface area contributed by atoms with E-state index in [4.69, 9.17) is 9.47 Å². The van der Waals surface area contributed by atoms with Gasteiger partial charge in [-0.25, -0.2) is 8.78 Å². The van der Waals surface area contributed by atoms with Crippen LogP contribution in [-0.2, 0) is 10.2 Å². The summed E-state index contributed by atoms with van der Waals surface area (Å²) in [7, 11) is 2.85. The summed E-state index contributed by atoms with van der Waals surface area (Å²) in [5.41, 5.74) is -1.23. The molecule has 2 rings (SSSR count). The van der Waals surface area contributed by atoms with Gasteiger partial charge in [-0.1, -0.05) is 6.07 Å². The number of methoxy groups -OCH3 is 2. The molecule has 1 saturated carbocycles. The molecular weight excluding hydrogens is 258 g/mol. The number of carbonyl (C=O) groups is 1. The van der Waals surface area contributed by atoms with E-state index in [0.29, 0.717) is 17.1 Å². The van der Waals surface area contributed by atoms with Crippen molar-refractivity contribution in [1.29, 1.82) is 0 Å². The van der Waals surface area contributed by atoms with E-state index in [1.54, 1.807) is 0 Å². The number of halogens is 2. The van der Waals surface area contributed by atoms with Crippen LogP contribution in [0.2, 0.25) is 0 Å². The van der Waals surface area contributed by atoms with Gasteiger partial charge in [0.2, 0.25) is 0 Å². The molecule has 104 valence electrons. The van der Waals surface area contributed by atoms with Crippen LogP contribution in [0.15, 0.2) is 18.2 Å². The summed E-state index contributed by atoms with van der Waals surface area (Å²) in [4.78, 5) is 11.3. The molecular formula is C13H14F2O4. The number of aliphatic carboxylic acids is 1. The monoisotopic (exact) mass is 272 g/mol. The zero-order valence-corrected chi connectivity index (χ0v) is 10.6. The fourth-order valence-electron chi connectivity index (χ4n) is 2.44. The molecule has 0 bridgehead atoms. The third-order valence-corrected chi connectivity index (χ3v) is 3.47. The molecule has 0 amide bonds. The molecule has 1 aromatic rings. The predicted octanol–water partition coefficient (Wildman–Crippen LogP) is 2.46. The largest absolute Gasteiger partial charge is 0.493 e. The SMILES string of the molecule is COc1ccc(C2(C(=O)O)CC(F)(F)C2)cc1OC. The first-order valence-electron chi connectivity index (χ1n) is 5.68. The second-order valence-electron chi connectivity index (χ2n) is 4.67. The van der Waals surface area contributed by atoms with Crippen molar-refractivity contribution in [3.05, 3.63) is 23.8 Å². The Morgan fingerprint density at radius 1 is 1.21 bits per heavy atom. The second kappa shape index (κ2) is 4.36. The smallest absolute Gasteiger partial charge is 0.314 e. The van der Waals surface area contributed by atoms with Crippen molar-refractivity contribution in [3.8, 4) is 11.5 Å². The summed E-state index contributed by atoms with van der Waals surface area (Å²) in [6.07, 6.45) is -1.38. The van der Waals surface area contributed by atoms with Gasteiger partial charge in [0.15, 0.2) is 11.5 Å². The standard InChI is InChI=1S/C13H14F2O4/c1-18-9-4-3-8(5-10(9)19-2)12(11(16)17)6-13(14,15)7-12/h3-5H,6-7H2,1-2H3,(H,16,17). The second-order valence-corrected chi connectivity index (χ2v) is 4.67. The fourth-order valence-corrected chi connectivity index (χ4v) is 2.44. The van der Waals surface area contributed by atoms with Crippen LogP contribution in [0, 0.1) is 0 Å². The summed E-state index contributed by atoms with van der Waals surface area (Å²) in [5, 5.41) is 9.25. The van der Waals surface area contributed by atoms with Crippen molar-refractivity contribution in [2.45, 2.75) is 24.2 Å². The lowest BCUT2D eigenvalue weighted by molar-refractivity contribution is -0.174. The minimum atomic E-state index is -2.93. The highest BCUT2D eigenvalue weighted by atomic mass is 19.3. The Bertz CT molecular complexity index is 505. The molecule has 1 aromatic carbocycles. The quantitative estimate of drug-likeness (QED) is 0.914. The Morgan fingerprint density at radius 3 is 2.21 bits per heavy atom. The van der Waals surface area contributed by atoms with E-state index in [-0.39, 0.29) is 0 Å². The Balaban J connectivity index is 2.42. The van der Waals surface area contributed by atoms with Gasteiger partial charge in [-0.05, 0) is 17.7 Å². The van der Waals surface area contributed by atoms with E-state index >= 15 is 0 Å². The van der Waals surface area contributed by atoms with Crippen LogP contribution in [0.4, 0.5) is 8.78 Å². The topological polar surface area (TPSA) is 55.8 Å². The molecule has 1 aliphatic rings. The molecule has 1 aliphatic carbocycles. The minimum absolute atomic E-state index is 0.309. The predicted molar refractivity (Wildman–Crippen MR) is 63.0 cm³/mol. The van der Waals surface area contributed by atoms with Crippen molar-refractivity contribution >= 4 is 5.97 Å². The highest BCUT2D eigenvalue weighted by molar-refractivity contribution is 5.83. The van der Waals surface area contributed by atoms with Crippen molar-refractivity contribution in [2.24, 2.45) is 0 Å². The van der Waals surface area contributed by atoms with E-state index in [1.807, 2.05) is 0 Å². The summed E-state index contributed by atoms with van der Waals surface area (Å²) >= 11 is 0. The maximum absolute atomic E-state index is 13.1. The number of alkyl halides is 2. The molecule has 0 atom stereocenters. The molecule has 1 fully saturated rings. The number of hydrogen-bond acceptors (Lipinski definition) is 3. The highest BCUT2D eigenvalue weighted by Gasteiger charge is 2.62. The normalized spacial score (nSPS) is 19.4. The summed E-state index contributed by atoms with van der Waals surface area (Å²) in [6, 6.07) is 4.46. The van der Waals surface area contributed by atoms with Crippen LogP contribution in [0.25, 0.3) is 0 Å². The van der Waals surface area contributed by atoms with Gasteiger partial charge in [-0.2, -0.15) is 0 Å². The van der Waals surface area contributed by atoms with Gasteiger partial charge in [-0.15, -0.1) is 0 Å². The lowest BCUT2D eigenvalue weighted by Gasteiger charge is -2.44. The third-order valence-electron chi connectivity index (χ3n) is 3.47. The number of carboxylic acid groups (broad SMARTS) is 1. The van der Waals surface area contributed by atoms with Gasteiger partial charge < -0.3 is 14.6 Å². The van der Waals surface area contributed by atoms with Crippen molar-refractivity contribution in [1.82, 2.24) is 0 Å². The van der Waals surface area contributed by atoms with Gasteiger partial charge in [0, 0.05) is 12.8 Å². The first kappa shape index (κ1) is 13.6. The molecule has 1 N–H and O–H groups in total. The van der Waals surface area contributed by atoms with Crippen LogP contribution in [0.1, 0.15) is 18.4 Å². The minimum Gasteiger partial charge on any atom is -0.493 e. The van der Waals surface area contributed by atoms with Gasteiger partial charge in [0.25, 0.3) is 5.92 Å². The van der Waals surface area contributed by atoms with Crippen molar-refractivity contribution < 1.29 is 28.2 Å². The van der Waals surface area contributed by atoms with E-state index in [9.17, 15) is 18.7 Å². The molecule has 0 saturated heterocycles. The third kappa shape index (κ3) is 2.11. The van der Waals surface area contributed by atoms with Crippen molar-refractivity contribution in [3.63, 3.8) is 0 Å². The number of carboxylic acids is 1. The lowest BCUT2D eigenvalue weighted by Crippen LogP contribution is -2.54. The number of rotatable bonds is 4. The van der Waals surface area contributed by atoms with Gasteiger partial charge in [0.1, 0.15) is 5.41 Å². The zero-order valence-electron chi connectivity index (χ0n) is 10.6. The van der Waals surface area contributed by atoms with Gasteiger partial charge >= 0.3 is 5.97 Å². The maximum atomic E-state index is 13.1. The van der Waals surface area contributed by atoms with E-state index in [0.717, 1.165) is 0 Å². The zero-order chi connectivity index (χ0) is 14.3. The molecule has 0 radical (unpaired) electrons. The number of benzene rings is 1. The van der Waals surface area contributed by atoms with E-state index < -0.39 is 30.1 Å². The molecule has 0 spiro atoms. The molecule has 0 unspecified atom stereocenters. The Hall–Kier alpha value is -1.85. The lowest BCUT2D eigenvalue weighted by atomic mass is 9.62. The molecule has 6 heteroatoms. The van der Waals surface area contributed by atoms with E-state index in [1.165, 1.54) is 32.4 Å². The number of ether oxygens (including phenoxy) is 2. The first-order chi connectivity index (χ1) is 8.84. The van der Waals surface area contributed by atoms with Crippen LogP contribution in [-0.4, -0.2) is 31.2 Å². The Kier molecular flexibility index (Phi) is 3.12. The Labute approximate surface area is 108 Å². The molecule has 0 heterocycles. The molecule has 19 heavy (non-hydrogen) atoms. The Morgan fingerprint density at radius 2 is 1.79 bits per heavy atom. The molecule has 0 aliphatic heterocycles. The molecule has 4 nitrogen and oxygen atoms in total. The summed E-state index contributed by atoms with van der Waals surface area (Å²) in [6.45, 7) is 0. The van der Waals surface area contributed by atoms with Crippen LogP contribution < -0.4 is 9.47 Å². The summed E-state index contributed by atoms with van der Waals surface area (Å²) < 4.78 is 36.3. The highest BCUT2D eigenvalue weighted by Crippen LogP contribution is 2.54. The average Bonchev–Trinajstić information content (AvgIpc) is 2.34. The van der Waals surface area contributed by atoms with Gasteiger partial charge in [-0.3, -0.25) is 4.79 Å². The van der Waals surface area contributed by atoms with Crippen LogP contribution in [0.3, 0.4) is 0 Å². The van der Waals surface area contributed by atoms with Crippen LogP contribution in [0.5, 0.6) is 11.5 Å². The maximum Gasteiger partial charge on any atom is 0.314 e. The molecule has 0 aromatic heterocycles. The van der Waals surface area contributed by atoms with E-state index in [2.05, 4.69) is 0 Å².